The van der Waals surface area contributed by atoms with Crippen LogP contribution in [0.1, 0.15) is 13.3 Å². The van der Waals surface area contributed by atoms with E-state index in [0.717, 1.165) is 17.1 Å². The van der Waals surface area contributed by atoms with E-state index in [2.05, 4.69) is 11.9 Å². The average Bonchev–Trinajstić information content (AvgIpc) is 2.26. The van der Waals surface area contributed by atoms with Gasteiger partial charge in [0.05, 0.1) is 0 Å². The maximum Gasteiger partial charge on any atom is 0.123 e. The van der Waals surface area contributed by atoms with Crippen molar-refractivity contribution in [2.24, 2.45) is 0 Å². The van der Waals surface area contributed by atoms with Gasteiger partial charge < -0.3 is 5.32 Å². The summed E-state index contributed by atoms with van der Waals surface area (Å²) >= 11 is 1.73. The highest BCUT2D eigenvalue weighted by molar-refractivity contribution is 7.99. The fraction of sp³-hybridized carbons (Fsp3) is 0.385. The van der Waals surface area contributed by atoms with Crippen molar-refractivity contribution < 1.29 is 4.39 Å². The number of benzene rings is 1. The van der Waals surface area contributed by atoms with Crippen molar-refractivity contribution in [3.8, 4) is 0 Å². The van der Waals surface area contributed by atoms with E-state index in [-0.39, 0.29) is 5.82 Å². The summed E-state index contributed by atoms with van der Waals surface area (Å²) in [4.78, 5) is 1.10. The highest BCUT2D eigenvalue weighted by Gasteiger charge is 2.06. The first-order valence-electron chi connectivity index (χ1n) is 5.32. The first-order chi connectivity index (χ1) is 7.61. The second kappa shape index (κ2) is 6.71. The molecule has 0 aliphatic rings. The molecule has 0 aromatic heterocycles. The Kier molecular flexibility index (Phi) is 5.56. The van der Waals surface area contributed by atoms with Crippen molar-refractivity contribution in [2.75, 3.05) is 12.8 Å². The summed E-state index contributed by atoms with van der Waals surface area (Å²) in [6.07, 6.45) is 0.977. The van der Waals surface area contributed by atoms with Crippen LogP contribution in [-0.4, -0.2) is 18.8 Å². The molecule has 0 saturated heterocycles. The largest absolute Gasteiger partial charge is 0.316 e. The molecule has 1 aromatic rings. The van der Waals surface area contributed by atoms with Crippen molar-refractivity contribution in [3.63, 3.8) is 0 Å². The number of rotatable bonds is 6. The van der Waals surface area contributed by atoms with Crippen molar-refractivity contribution >= 4 is 11.8 Å². The predicted octanol–water partition coefficient (Wildman–Crippen LogP) is 3.47. The van der Waals surface area contributed by atoms with Gasteiger partial charge in [0.15, 0.2) is 0 Å². The van der Waals surface area contributed by atoms with E-state index in [4.69, 9.17) is 0 Å². The predicted molar refractivity (Wildman–Crippen MR) is 69.4 cm³/mol. The maximum atomic E-state index is 12.7. The molecule has 0 aliphatic heterocycles. The molecule has 0 bridgehead atoms. The number of halogens is 1. The molecule has 1 rings (SSSR count). The second-order valence-electron chi connectivity index (χ2n) is 3.91. The van der Waals surface area contributed by atoms with Crippen molar-refractivity contribution in [2.45, 2.75) is 24.3 Å². The Morgan fingerprint density at radius 1 is 1.44 bits per heavy atom. The number of thioether (sulfide) groups is 1. The van der Waals surface area contributed by atoms with E-state index >= 15 is 0 Å². The fourth-order valence-corrected chi connectivity index (χ4v) is 2.40. The Balaban J connectivity index is 2.43. The third kappa shape index (κ3) is 4.81. The van der Waals surface area contributed by atoms with Gasteiger partial charge in [-0.05, 0) is 44.7 Å². The Hall–Kier alpha value is -0.800. The second-order valence-corrected chi connectivity index (χ2v) is 5.01. The molecule has 1 N–H and O–H groups in total. The molecular weight excluding hydrogens is 221 g/mol. The normalized spacial score (nSPS) is 12.4. The standard InChI is InChI=1S/C13H18FNS/c1-10(2)8-12(15-3)9-16-13-6-4-11(14)5-7-13/h4-7,12,15H,1,8-9H2,2-3H3. The molecule has 0 heterocycles. The van der Waals surface area contributed by atoms with Gasteiger partial charge in [0, 0.05) is 16.7 Å². The SMILES string of the molecule is C=C(C)CC(CSc1ccc(F)cc1)NC. The number of hydrogen-bond donors (Lipinski definition) is 1. The van der Waals surface area contributed by atoms with Gasteiger partial charge in [-0.25, -0.2) is 4.39 Å². The Morgan fingerprint density at radius 3 is 2.56 bits per heavy atom. The van der Waals surface area contributed by atoms with Crippen LogP contribution >= 0.6 is 11.8 Å². The van der Waals surface area contributed by atoms with Gasteiger partial charge >= 0.3 is 0 Å². The molecule has 1 nitrogen and oxygen atoms in total. The van der Waals surface area contributed by atoms with E-state index in [1.54, 1.807) is 11.8 Å². The summed E-state index contributed by atoms with van der Waals surface area (Å²) in [7, 11) is 1.96. The topological polar surface area (TPSA) is 12.0 Å². The minimum absolute atomic E-state index is 0.184. The zero-order valence-electron chi connectivity index (χ0n) is 9.79. The van der Waals surface area contributed by atoms with Crippen molar-refractivity contribution in [1.82, 2.24) is 5.32 Å². The van der Waals surface area contributed by atoms with Crippen LogP contribution in [-0.2, 0) is 0 Å². The van der Waals surface area contributed by atoms with E-state index in [9.17, 15) is 4.39 Å². The minimum Gasteiger partial charge on any atom is -0.316 e. The fourth-order valence-electron chi connectivity index (χ4n) is 1.39. The molecule has 0 aliphatic carbocycles. The minimum atomic E-state index is -0.184. The van der Waals surface area contributed by atoms with Crippen LogP contribution in [0.2, 0.25) is 0 Å². The van der Waals surface area contributed by atoms with E-state index in [1.807, 2.05) is 26.1 Å². The quantitative estimate of drug-likeness (QED) is 0.602. The maximum absolute atomic E-state index is 12.7. The molecule has 1 unspecified atom stereocenters. The summed E-state index contributed by atoms with van der Waals surface area (Å²) in [5.74, 6) is 0.783. The molecule has 0 saturated carbocycles. The summed E-state index contributed by atoms with van der Waals surface area (Å²) in [5.41, 5.74) is 1.18. The molecule has 0 spiro atoms. The van der Waals surface area contributed by atoms with Crippen molar-refractivity contribution in [3.05, 3.63) is 42.2 Å². The molecule has 0 fully saturated rings. The first-order valence-corrected chi connectivity index (χ1v) is 6.30. The van der Waals surface area contributed by atoms with Gasteiger partial charge in [-0.1, -0.05) is 5.57 Å². The van der Waals surface area contributed by atoms with Crippen LogP contribution in [0.15, 0.2) is 41.3 Å². The molecular formula is C13H18FNS. The third-order valence-electron chi connectivity index (χ3n) is 2.27. The van der Waals surface area contributed by atoms with Crippen LogP contribution in [0.5, 0.6) is 0 Å². The van der Waals surface area contributed by atoms with Crippen LogP contribution in [0.4, 0.5) is 4.39 Å². The van der Waals surface area contributed by atoms with Gasteiger partial charge in [0.25, 0.3) is 0 Å². The average molecular weight is 239 g/mol. The molecule has 0 radical (unpaired) electrons. The van der Waals surface area contributed by atoms with E-state index in [1.165, 1.54) is 17.7 Å². The molecule has 1 atom stereocenters. The zero-order valence-corrected chi connectivity index (χ0v) is 10.6. The van der Waals surface area contributed by atoms with Gasteiger partial charge in [0.1, 0.15) is 5.82 Å². The van der Waals surface area contributed by atoms with Gasteiger partial charge in [-0.3, -0.25) is 0 Å². The first kappa shape index (κ1) is 13.3. The lowest BCUT2D eigenvalue weighted by atomic mass is 10.1. The van der Waals surface area contributed by atoms with E-state index < -0.39 is 0 Å². The van der Waals surface area contributed by atoms with Gasteiger partial charge in [0.2, 0.25) is 0 Å². The molecule has 16 heavy (non-hydrogen) atoms. The molecule has 88 valence electrons. The van der Waals surface area contributed by atoms with Gasteiger partial charge in [-0.2, -0.15) is 0 Å². The Labute approximate surface area is 101 Å². The highest BCUT2D eigenvalue weighted by atomic mass is 32.2. The van der Waals surface area contributed by atoms with Gasteiger partial charge in [-0.15, -0.1) is 18.3 Å². The Morgan fingerprint density at radius 2 is 2.06 bits per heavy atom. The lowest BCUT2D eigenvalue weighted by molar-refractivity contribution is 0.614. The molecule has 0 amide bonds. The molecule has 1 aromatic carbocycles. The summed E-state index contributed by atoms with van der Waals surface area (Å²) in [5, 5.41) is 3.26. The third-order valence-corrected chi connectivity index (χ3v) is 3.44. The zero-order chi connectivity index (χ0) is 12.0. The lowest BCUT2D eigenvalue weighted by Crippen LogP contribution is -2.27. The van der Waals surface area contributed by atoms with E-state index in [0.29, 0.717) is 6.04 Å². The number of nitrogens with one attached hydrogen (secondary N) is 1. The monoisotopic (exact) mass is 239 g/mol. The van der Waals surface area contributed by atoms with Crippen LogP contribution < -0.4 is 5.32 Å². The summed E-state index contributed by atoms with van der Waals surface area (Å²) in [6, 6.07) is 7.04. The lowest BCUT2D eigenvalue weighted by Gasteiger charge is -2.15. The molecule has 3 heteroatoms. The smallest absolute Gasteiger partial charge is 0.123 e. The summed E-state index contributed by atoms with van der Waals surface area (Å²) in [6.45, 7) is 5.95. The highest BCUT2D eigenvalue weighted by Crippen LogP contribution is 2.20. The van der Waals surface area contributed by atoms with Crippen LogP contribution in [0.25, 0.3) is 0 Å². The Bertz CT molecular complexity index is 334. The van der Waals surface area contributed by atoms with Crippen LogP contribution in [0.3, 0.4) is 0 Å². The summed E-state index contributed by atoms with van der Waals surface area (Å²) < 4.78 is 12.7. The van der Waals surface area contributed by atoms with Crippen LogP contribution in [0, 0.1) is 5.82 Å². The number of hydrogen-bond acceptors (Lipinski definition) is 2. The van der Waals surface area contributed by atoms with Crippen molar-refractivity contribution in [1.29, 1.82) is 0 Å².